The van der Waals surface area contributed by atoms with E-state index in [1.807, 2.05) is 12.1 Å². The topological polar surface area (TPSA) is 98.1 Å². The van der Waals surface area contributed by atoms with Crippen LogP contribution in [0.15, 0.2) is 53.8 Å². The molecule has 1 unspecified atom stereocenters. The van der Waals surface area contributed by atoms with Gasteiger partial charge in [-0.1, -0.05) is 18.2 Å². The van der Waals surface area contributed by atoms with E-state index in [0.29, 0.717) is 11.5 Å². The first-order valence-electron chi connectivity index (χ1n) is 9.29. The van der Waals surface area contributed by atoms with Gasteiger partial charge in [-0.05, 0) is 37.1 Å². The fourth-order valence-corrected chi connectivity index (χ4v) is 3.47. The van der Waals surface area contributed by atoms with Crippen molar-refractivity contribution in [3.8, 4) is 0 Å². The number of hydrogen-bond acceptors (Lipinski definition) is 6. The van der Waals surface area contributed by atoms with Crippen LogP contribution in [0.2, 0.25) is 0 Å². The van der Waals surface area contributed by atoms with E-state index in [2.05, 4.69) is 20.3 Å². The molecule has 8 heteroatoms. The van der Waals surface area contributed by atoms with Crippen molar-refractivity contribution in [2.24, 2.45) is 5.10 Å². The second-order valence-corrected chi connectivity index (χ2v) is 6.83. The number of nitrogens with zero attached hydrogens (tertiary/aromatic N) is 4. The van der Waals surface area contributed by atoms with Crippen LogP contribution in [0.5, 0.6) is 0 Å². The van der Waals surface area contributed by atoms with Crippen molar-refractivity contribution in [1.82, 2.24) is 4.98 Å². The highest BCUT2D eigenvalue weighted by molar-refractivity contribution is 6.44. The first-order chi connectivity index (χ1) is 13.6. The molecule has 1 fully saturated rings. The maximum Gasteiger partial charge on any atom is 0.328 e. The highest BCUT2D eigenvalue weighted by atomic mass is 16.4. The van der Waals surface area contributed by atoms with Crippen molar-refractivity contribution in [3.05, 3.63) is 48.7 Å². The molecule has 2 aromatic rings. The molecule has 0 radical (unpaired) electrons. The van der Waals surface area contributed by atoms with E-state index in [4.69, 9.17) is 0 Å². The number of anilines is 3. The molecule has 1 aromatic heterocycles. The first kappa shape index (κ1) is 18.0. The molecule has 0 spiro atoms. The van der Waals surface area contributed by atoms with Crippen molar-refractivity contribution < 1.29 is 14.7 Å². The molecular weight excluding hydrogens is 358 g/mol. The number of pyridine rings is 1. The zero-order valence-corrected chi connectivity index (χ0v) is 15.3. The maximum atomic E-state index is 12.6. The number of carbonyl (C=O) groups is 2. The molecule has 1 amide bonds. The quantitative estimate of drug-likeness (QED) is 0.827. The van der Waals surface area contributed by atoms with Gasteiger partial charge >= 0.3 is 5.97 Å². The van der Waals surface area contributed by atoms with Gasteiger partial charge in [0.05, 0.1) is 17.6 Å². The second-order valence-electron chi connectivity index (χ2n) is 6.83. The molecule has 0 bridgehead atoms. The number of aromatic nitrogens is 1. The number of rotatable bonds is 5. The number of carbonyl (C=O) groups excluding carboxylic acids is 1. The summed E-state index contributed by atoms with van der Waals surface area (Å²) in [5, 5.41) is 17.9. The largest absolute Gasteiger partial charge is 0.480 e. The van der Waals surface area contributed by atoms with Gasteiger partial charge < -0.3 is 15.3 Å². The minimum atomic E-state index is -1.02. The molecular formula is C20H21N5O3. The zero-order chi connectivity index (χ0) is 19.5. The van der Waals surface area contributed by atoms with Crippen molar-refractivity contribution in [2.45, 2.75) is 25.3 Å². The summed E-state index contributed by atoms with van der Waals surface area (Å²) in [6.45, 7) is 2.05. The van der Waals surface area contributed by atoms with E-state index in [-0.39, 0.29) is 12.1 Å². The van der Waals surface area contributed by atoms with Crippen molar-refractivity contribution in [3.63, 3.8) is 0 Å². The van der Waals surface area contributed by atoms with E-state index < -0.39 is 17.9 Å². The van der Waals surface area contributed by atoms with Crippen molar-refractivity contribution >= 4 is 34.8 Å². The molecule has 2 N–H and O–H groups in total. The number of carboxylic acid groups (broad SMARTS) is 1. The predicted molar refractivity (Wildman–Crippen MR) is 107 cm³/mol. The van der Waals surface area contributed by atoms with Gasteiger partial charge in [-0.15, -0.1) is 0 Å². The van der Waals surface area contributed by atoms with Crippen LogP contribution in [0, 0.1) is 0 Å². The lowest BCUT2D eigenvalue weighted by molar-refractivity contribution is -0.138. The van der Waals surface area contributed by atoms with Crippen LogP contribution in [-0.4, -0.2) is 46.8 Å². The monoisotopic (exact) mass is 379 g/mol. The summed E-state index contributed by atoms with van der Waals surface area (Å²) in [6, 6.07) is 11.7. The van der Waals surface area contributed by atoms with E-state index in [1.54, 1.807) is 36.5 Å². The van der Waals surface area contributed by atoms with Crippen LogP contribution < -0.4 is 15.2 Å². The van der Waals surface area contributed by atoms with Crippen LogP contribution in [-0.2, 0) is 9.59 Å². The lowest BCUT2D eigenvalue weighted by Gasteiger charge is -2.19. The summed E-state index contributed by atoms with van der Waals surface area (Å²) in [6.07, 6.45) is 4.14. The summed E-state index contributed by atoms with van der Waals surface area (Å²) >= 11 is 0. The van der Waals surface area contributed by atoms with Gasteiger partial charge in [-0.25, -0.2) is 9.78 Å². The summed E-state index contributed by atoms with van der Waals surface area (Å²) in [7, 11) is 0. The fourth-order valence-electron chi connectivity index (χ4n) is 3.47. The highest BCUT2D eigenvalue weighted by Crippen LogP contribution is 2.25. The molecule has 8 nitrogen and oxygen atoms in total. The van der Waals surface area contributed by atoms with Crippen LogP contribution in [0.4, 0.5) is 17.2 Å². The first-order valence-corrected chi connectivity index (χ1v) is 9.29. The van der Waals surface area contributed by atoms with E-state index in [1.165, 1.54) is 17.9 Å². The van der Waals surface area contributed by atoms with Gasteiger partial charge in [0, 0.05) is 19.5 Å². The molecule has 1 atom stereocenters. The van der Waals surface area contributed by atoms with Crippen LogP contribution >= 0.6 is 0 Å². The molecule has 2 aliphatic heterocycles. The van der Waals surface area contributed by atoms with Crippen LogP contribution in [0.3, 0.4) is 0 Å². The Kier molecular flexibility index (Phi) is 4.92. The van der Waals surface area contributed by atoms with Gasteiger partial charge in [0.25, 0.3) is 5.91 Å². The van der Waals surface area contributed by atoms with E-state index in [9.17, 15) is 14.7 Å². The summed E-state index contributed by atoms with van der Waals surface area (Å²) < 4.78 is 0. The predicted octanol–water partition coefficient (Wildman–Crippen LogP) is 2.34. The smallest absolute Gasteiger partial charge is 0.328 e. The Morgan fingerprint density at radius 2 is 1.79 bits per heavy atom. The molecule has 28 heavy (non-hydrogen) atoms. The molecule has 2 aliphatic rings. The van der Waals surface area contributed by atoms with Crippen LogP contribution in [0.1, 0.15) is 19.3 Å². The molecule has 1 saturated heterocycles. The molecule has 0 saturated carbocycles. The molecule has 4 rings (SSSR count). The Balaban J connectivity index is 1.47. The van der Waals surface area contributed by atoms with Gasteiger partial charge in [0.2, 0.25) is 0 Å². The average Bonchev–Trinajstić information content (AvgIpc) is 3.39. The Labute approximate surface area is 162 Å². The third-order valence-corrected chi connectivity index (χ3v) is 4.94. The summed E-state index contributed by atoms with van der Waals surface area (Å²) in [5.74, 6) is -1.05. The third kappa shape index (κ3) is 3.66. The lowest BCUT2D eigenvalue weighted by Crippen LogP contribution is -2.34. The van der Waals surface area contributed by atoms with Gasteiger partial charge in [0.1, 0.15) is 11.5 Å². The Morgan fingerprint density at radius 3 is 2.43 bits per heavy atom. The van der Waals surface area contributed by atoms with Crippen molar-refractivity contribution in [2.75, 3.05) is 28.3 Å². The number of carboxylic acids is 1. The molecule has 0 aliphatic carbocycles. The number of nitrogens with one attached hydrogen (secondary N) is 1. The number of aliphatic carboxylic acids is 1. The van der Waals surface area contributed by atoms with Gasteiger partial charge in [0.15, 0.2) is 6.04 Å². The minimum absolute atomic E-state index is 0.0297. The number of hydrazone groups is 1. The number of para-hydroxylation sites is 1. The van der Waals surface area contributed by atoms with E-state index in [0.717, 1.165) is 18.8 Å². The maximum absolute atomic E-state index is 12.6. The van der Waals surface area contributed by atoms with E-state index >= 15 is 0 Å². The number of hydrogen-bond donors (Lipinski definition) is 2. The zero-order valence-electron chi connectivity index (χ0n) is 15.3. The average molecular weight is 379 g/mol. The lowest BCUT2D eigenvalue weighted by atomic mass is 10.1. The normalized spacial score (nSPS) is 18.9. The highest BCUT2D eigenvalue weighted by Gasteiger charge is 2.36. The Bertz CT molecular complexity index is 892. The minimum Gasteiger partial charge on any atom is -0.480 e. The van der Waals surface area contributed by atoms with Gasteiger partial charge in [-0.3, -0.25) is 9.80 Å². The Hall–Kier alpha value is -3.42. The van der Waals surface area contributed by atoms with Crippen LogP contribution in [0.25, 0.3) is 0 Å². The standard InChI is InChI=1S/C20H21N5O3/c26-19(22-18-9-8-15(13-21-18)24-10-4-5-11-24)16-12-17(20(27)28)25(23-16)14-6-2-1-3-7-14/h1-3,6-9,13,17H,4-5,10-12H2,(H,27,28)(H,21,22,26). The molecule has 1 aromatic carbocycles. The summed E-state index contributed by atoms with van der Waals surface area (Å²) in [5.41, 5.74) is 1.84. The molecule has 144 valence electrons. The number of benzene rings is 1. The SMILES string of the molecule is O=C(Nc1ccc(N2CCCC2)cn1)C1=NN(c2ccccc2)C(C(=O)O)C1. The number of amides is 1. The third-order valence-electron chi connectivity index (χ3n) is 4.94. The van der Waals surface area contributed by atoms with Crippen molar-refractivity contribution in [1.29, 1.82) is 0 Å². The summed E-state index contributed by atoms with van der Waals surface area (Å²) in [4.78, 5) is 30.8. The fraction of sp³-hybridized carbons (Fsp3) is 0.300. The van der Waals surface area contributed by atoms with Gasteiger partial charge in [-0.2, -0.15) is 5.10 Å². The molecule has 3 heterocycles. The Morgan fingerprint density at radius 1 is 1.04 bits per heavy atom. The second kappa shape index (κ2) is 7.67.